The summed E-state index contributed by atoms with van der Waals surface area (Å²) < 4.78 is 29.6. The molecule has 0 bridgehead atoms. The number of rotatable bonds is 12. The highest BCUT2D eigenvalue weighted by Crippen LogP contribution is 2.27. The second-order valence-electron chi connectivity index (χ2n) is 12.4. The van der Waals surface area contributed by atoms with Gasteiger partial charge in [0.05, 0.1) is 10.6 Å². The van der Waals surface area contributed by atoms with Crippen LogP contribution < -0.4 is 9.62 Å². The van der Waals surface area contributed by atoms with E-state index in [1.807, 2.05) is 81.4 Å². The molecule has 0 aromatic heterocycles. The lowest BCUT2D eigenvalue weighted by atomic mass is 10.0. The Hall–Kier alpha value is -4.43. The number of nitrogens with zero attached hydrogens (tertiary/aromatic N) is 2. The Kier molecular flexibility index (Phi) is 10.6. The topological polar surface area (TPSA) is 86.8 Å². The monoisotopic (exact) mass is 637 g/mol. The minimum atomic E-state index is -4.13. The van der Waals surface area contributed by atoms with Crippen LogP contribution in [0.3, 0.4) is 0 Å². The van der Waals surface area contributed by atoms with Gasteiger partial charge in [0.25, 0.3) is 10.0 Å². The van der Waals surface area contributed by atoms with Crippen molar-refractivity contribution in [3.8, 4) is 0 Å². The van der Waals surface area contributed by atoms with Crippen molar-refractivity contribution < 1.29 is 18.0 Å². The van der Waals surface area contributed by atoms with Crippen molar-refractivity contribution in [3.63, 3.8) is 0 Å². The van der Waals surface area contributed by atoms with E-state index in [1.54, 1.807) is 35.2 Å². The standard InChI is InChI=1S/C38H43N3O4S/c1-28-18-20-32(21-19-28)26-40(36(25-31-12-6-4-7-13-31)38(43)39-33-14-10-11-15-33)37(42)27-41(34-23-29(2)22-30(3)24-34)46(44,45)35-16-8-5-9-17-35/h4-9,12-13,16-24,33,36H,10-11,14-15,25-27H2,1-3H3,(H,39,43). The molecule has 4 aromatic rings. The van der Waals surface area contributed by atoms with E-state index in [9.17, 15) is 18.0 Å². The molecule has 0 radical (unpaired) electrons. The number of anilines is 1. The van der Waals surface area contributed by atoms with Crippen molar-refractivity contribution in [2.45, 2.75) is 76.4 Å². The molecule has 0 aliphatic heterocycles. The first-order chi connectivity index (χ1) is 22.1. The molecule has 240 valence electrons. The number of nitrogens with one attached hydrogen (secondary N) is 1. The molecule has 46 heavy (non-hydrogen) atoms. The Morgan fingerprint density at radius 2 is 1.35 bits per heavy atom. The summed E-state index contributed by atoms with van der Waals surface area (Å²) in [4.78, 5) is 30.4. The minimum Gasteiger partial charge on any atom is -0.352 e. The Labute approximate surface area is 273 Å². The third-order valence-electron chi connectivity index (χ3n) is 8.55. The molecule has 1 atom stereocenters. The molecule has 1 saturated carbocycles. The Morgan fingerprint density at radius 1 is 0.761 bits per heavy atom. The van der Waals surface area contributed by atoms with E-state index in [-0.39, 0.29) is 23.4 Å². The molecule has 1 N–H and O–H groups in total. The van der Waals surface area contributed by atoms with Gasteiger partial charge in [-0.15, -0.1) is 0 Å². The number of amides is 2. The highest BCUT2D eigenvalue weighted by Gasteiger charge is 2.35. The molecular weight excluding hydrogens is 595 g/mol. The molecule has 2 amide bonds. The predicted molar refractivity (Wildman–Crippen MR) is 183 cm³/mol. The van der Waals surface area contributed by atoms with Crippen LogP contribution in [0.15, 0.2) is 108 Å². The lowest BCUT2D eigenvalue weighted by Crippen LogP contribution is -2.54. The maximum Gasteiger partial charge on any atom is 0.264 e. The van der Waals surface area contributed by atoms with Crippen LogP contribution in [0.5, 0.6) is 0 Å². The van der Waals surface area contributed by atoms with Gasteiger partial charge in [-0.3, -0.25) is 13.9 Å². The lowest BCUT2D eigenvalue weighted by Gasteiger charge is -2.34. The second kappa shape index (κ2) is 14.8. The summed E-state index contributed by atoms with van der Waals surface area (Å²) in [5.74, 6) is -0.679. The van der Waals surface area contributed by atoms with E-state index >= 15 is 0 Å². The summed E-state index contributed by atoms with van der Waals surface area (Å²) in [7, 11) is -4.13. The van der Waals surface area contributed by atoms with Crippen molar-refractivity contribution >= 4 is 27.5 Å². The third-order valence-corrected chi connectivity index (χ3v) is 10.3. The summed E-state index contributed by atoms with van der Waals surface area (Å²) in [6.07, 6.45) is 4.23. The van der Waals surface area contributed by atoms with Gasteiger partial charge in [-0.1, -0.05) is 97.3 Å². The highest BCUT2D eigenvalue weighted by molar-refractivity contribution is 7.92. The zero-order valence-corrected chi connectivity index (χ0v) is 27.7. The van der Waals surface area contributed by atoms with Crippen LogP contribution in [0.2, 0.25) is 0 Å². The summed E-state index contributed by atoms with van der Waals surface area (Å²) >= 11 is 0. The van der Waals surface area contributed by atoms with Gasteiger partial charge in [-0.25, -0.2) is 8.42 Å². The predicted octanol–water partition coefficient (Wildman–Crippen LogP) is 6.51. The van der Waals surface area contributed by atoms with Crippen LogP contribution in [0, 0.1) is 20.8 Å². The van der Waals surface area contributed by atoms with Crippen molar-refractivity contribution in [3.05, 3.63) is 131 Å². The van der Waals surface area contributed by atoms with Crippen LogP contribution in [-0.4, -0.2) is 43.8 Å². The first kappa shape index (κ1) is 32.9. The summed E-state index contributed by atoms with van der Waals surface area (Å²) in [5.41, 5.74) is 5.01. The molecule has 4 aromatic carbocycles. The van der Waals surface area contributed by atoms with Gasteiger partial charge in [0.15, 0.2) is 0 Å². The number of hydrogen-bond acceptors (Lipinski definition) is 4. The number of aryl methyl sites for hydroxylation is 3. The first-order valence-corrected chi connectivity index (χ1v) is 17.4. The fourth-order valence-electron chi connectivity index (χ4n) is 6.15. The minimum absolute atomic E-state index is 0.0623. The van der Waals surface area contributed by atoms with Crippen molar-refractivity contribution in [1.82, 2.24) is 10.2 Å². The Balaban J connectivity index is 1.57. The van der Waals surface area contributed by atoms with E-state index in [0.29, 0.717) is 12.1 Å². The number of carbonyl (C=O) groups excluding carboxylic acids is 2. The Bertz CT molecular complexity index is 1720. The van der Waals surface area contributed by atoms with E-state index in [0.717, 1.165) is 53.5 Å². The van der Waals surface area contributed by atoms with Gasteiger partial charge in [0.1, 0.15) is 12.6 Å². The number of sulfonamides is 1. The summed E-state index contributed by atoms with van der Waals surface area (Å²) in [6, 6.07) is 30.4. The molecule has 5 rings (SSSR count). The van der Waals surface area contributed by atoms with Crippen LogP contribution in [-0.2, 0) is 32.6 Å². The summed E-state index contributed by atoms with van der Waals surface area (Å²) in [5, 5.41) is 3.22. The van der Waals surface area contributed by atoms with Crippen LogP contribution >= 0.6 is 0 Å². The molecule has 1 unspecified atom stereocenters. The maximum absolute atomic E-state index is 14.7. The van der Waals surface area contributed by atoms with Gasteiger partial charge in [0, 0.05) is 19.0 Å². The normalized spacial score (nSPS) is 14.1. The fraction of sp³-hybridized carbons (Fsp3) is 0.316. The molecule has 1 aliphatic rings. The van der Waals surface area contributed by atoms with E-state index in [1.165, 1.54) is 16.4 Å². The van der Waals surface area contributed by atoms with Gasteiger partial charge >= 0.3 is 0 Å². The van der Waals surface area contributed by atoms with Crippen molar-refractivity contribution in [2.24, 2.45) is 0 Å². The molecule has 8 heteroatoms. The van der Waals surface area contributed by atoms with Crippen LogP contribution in [0.4, 0.5) is 5.69 Å². The van der Waals surface area contributed by atoms with E-state index in [4.69, 9.17) is 0 Å². The Morgan fingerprint density at radius 3 is 1.96 bits per heavy atom. The van der Waals surface area contributed by atoms with Gasteiger partial charge in [0.2, 0.25) is 11.8 Å². The highest BCUT2D eigenvalue weighted by atomic mass is 32.2. The smallest absolute Gasteiger partial charge is 0.264 e. The molecule has 0 heterocycles. The number of hydrogen-bond donors (Lipinski definition) is 1. The van der Waals surface area contributed by atoms with Crippen LogP contribution in [0.25, 0.3) is 0 Å². The zero-order chi connectivity index (χ0) is 32.7. The largest absolute Gasteiger partial charge is 0.352 e. The number of benzene rings is 4. The van der Waals surface area contributed by atoms with Crippen LogP contribution in [0.1, 0.15) is 53.5 Å². The molecule has 1 aliphatic carbocycles. The first-order valence-electron chi connectivity index (χ1n) is 16.0. The quantitative estimate of drug-likeness (QED) is 0.192. The average molecular weight is 638 g/mol. The molecule has 7 nitrogen and oxygen atoms in total. The zero-order valence-electron chi connectivity index (χ0n) is 26.9. The second-order valence-corrected chi connectivity index (χ2v) is 14.2. The molecular formula is C38H43N3O4S. The maximum atomic E-state index is 14.7. The molecule has 0 saturated heterocycles. The van der Waals surface area contributed by atoms with Gasteiger partial charge in [-0.2, -0.15) is 0 Å². The van der Waals surface area contributed by atoms with Crippen molar-refractivity contribution in [1.29, 1.82) is 0 Å². The van der Waals surface area contributed by atoms with Crippen molar-refractivity contribution in [2.75, 3.05) is 10.8 Å². The number of carbonyl (C=O) groups is 2. The van der Waals surface area contributed by atoms with Gasteiger partial charge < -0.3 is 10.2 Å². The SMILES string of the molecule is Cc1ccc(CN(C(=O)CN(c2cc(C)cc(C)c2)S(=O)(=O)c2ccccc2)C(Cc2ccccc2)C(=O)NC2CCCC2)cc1. The fourth-order valence-corrected chi connectivity index (χ4v) is 7.57. The van der Waals surface area contributed by atoms with E-state index < -0.39 is 28.5 Å². The molecule has 1 fully saturated rings. The third kappa shape index (κ3) is 8.23. The average Bonchev–Trinajstić information content (AvgIpc) is 3.55. The molecule has 0 spiro atoms. The van der Waals surface area contributed by atoms with E-state index in [2.05, 4.69) is 5.32 Å². The summed E-state index contributed by atoms with van der Waals surface area (Å²) in [6.45, 7) is 5.49. The lowest BCUT2D eigenvalue weighted by molar-refractivity contribution is -0.140. The van der Waals surface area contributed by atoms with Gasteiger partial charge in [-0.05, 0) is 80.1 Å².